The minimum Gasteiger partial charge on any atom is -0.496 e. The van der Waals surface area contributed by atoms with Crippen LogP contribution in [0.2, 0.25) is 0 Å². The Morgan fingerprint density at radius 1 is 1.18 bits per heavy atom. The fourth-order valence-electron chi connectivity index (χ4n) is 2.26. The molecule has 17 heavy (non-hydrogen) atoms. The second-order valence-corrected chi connectivity index (χ2v) is 4.56. The molecule has 0 aromatic heterocycles. The van der Waals surface area contributed by atoms with E-state index in [2.05, 4.69) is 19.9 Å². The molecule has 0 amide bonds. The normalized spacial score (nSPS) is 18.9. The number of fused-ring (bicyclic) bond motifs is 1. The Kier molecular flexibility index (Phi) is 3.72. The molecule has 0 unspecified atom stereocenters. The first-order valence-electron chi connectivity index (χ1n) is 6.17. The van der Waals surface area contributed by atoms with Crippen molar-refractivity contribution in [1.82, 2.24) is 0 Å². The molecule has 0 N–H and O–H groups in total. The molecule has 0 saturated carbocycles. The molecule has 0 atom stereocenters. The molecule has 1 aliphatic rings. The van der Waals surface area contributed by atoms with Crippen LogP contribution in [0.4, 0.5) is 0 Å². The van der Waals surface area contributed by atoms with Crippen molar-refractivity contribution in [2.45, 2.75) is 33.1 Å². The highest BCUT2D eigenvalue weighted by Crippen LogP contribution is 2.31. The molecule has 0 aliphatic carbocycles. The average molecular weight is 232 g/mol. The van der Waals surface area contributed by atoms with Crippen molar-refractivity contribution in [3.63, 3.8) is 0 Å². The molecule has 2 rings (SSSR count). The fraction of sp³-hybridized carbons (Fsp3) is 0.467. The van der Waals surface area contributed by atoms with Gasteiger partial charge in [0.05, 0.1) is 13.7 Å². The van der Waals surface area contributed by atoms with Crippen molar-refractivity contribution in [3.8, 4) is 11.5 Å². The molecular weight excluding hydrogens is 212 g/mol. The van der Waals surface area contributed by atoms with E-state index in [0.717, 1.165) is 37.4 Å². The quantitative estimate of drug-likeness (QED) is 0.688. The maximum Gasteiger partial charge on any atom is 0.123 e. The molecule has 0 bridgehead atoms. The van der Waals surface area contributed by atoms with E-state index in [9.17, 15) is 0 Å². The maximum absolute atomic E-state index is 5.86. The average Bonchev–Trinajstić information content (AvgIpc) is 2.40. The van der Waals surface area contributed by atoms with Crippen LogP contribution in [0.25, 0.3) is 0 Å². The molecule has 1 aromatic carbocycles. The van der Waals surface area contributed by atoms with Crippen LogP contribution in [-0.4, -0.2) is 13.7 Å². The standard InChI is InChI=1S/C15H20O2/c1-11-5-4-6-13-12(2)14(16-3)7-8-15(13)17-10-9-11/h5,7-8H,4,6,9-10H2,1-3H3/b11-5-. The highest BCUT2D eigenvalue weighted by Gasteiger charge is 2.12. The van der Waals surface area contributed by atoms with Gasteiger partial charge in [-0.1, -0.05) is 11.6 Å². The Morgan fingerprint density at radius 2 is 2.00 bits per heavy atom. The van der Waals surface area contributed by atoms with Gasteiger partial charge < -0.3 is 9.47 Å². The summed E-state index contributed by atoms with van der Waals surface area (Å²) in [5.74, 6) is 1.97. The van der Waals surface area contributed by atoms with Crippen molar-refractivity contribution in [1.29, 1.82) is 0 Å². The van der Waals surface area contributed by atoms with E-state index in [1.54, 1.807) is 7.11 Å². The third-order valence-corrected chi connectivity index (χ3v) is 3.37. The van der Waals surface area contributed by atoms with Gasteiger partial charge in [0.15, 0.2) is 0 Å². The molecular formula is C15H20O2. The number of allylic oxidation sites excluding steroid dienone is 1. The van der Waals surface area contributed by atoms with Crippen LogP contribution in [0.5, 0.6) is 11.5 Å². The van der Waals surface area contributed by atoms with Crippen molar-refractivity contribution in [3.05, 3.63) is 34.9 Å². The lowest BCUT2D eigenvalue weighted by Crippen LogP contribution is -2.02. The van der Waals surface area contributed by atoms with Gasteiger partial charge in [-0.2, -0.15) is 0 Å². The summed E-state index contributed by atoms with van der Waals surface area (Å²) in [5, 5.41) is 0. The largest absolute Gasteiger partial charge is 0.496 e. The summed E-state index contributed by atoms with van der Waals surface area (Å²) in [6.45, 7) is 5.05. The Labute approximate surface area is 103 Å². The van der Waals surface area contributed by atoms with Gasteiger partial charge in [-0.05, 0) is 44.4 Å². The van der Waals surface area contributed by atoms with E-state index in [-0.39, 0.29) is 0 Å². The molecule has 2 heteroatoms. The Morgan fingerprint density at radius 3 is 2.76 bits per heavy atom. The van der Waals surface area contributed by atoms with E-state index in [0.29, 0.717) is 0 Å². The zero-order chi connectivity index (χ0) is 12.3. The van der Waals surface area contributed by atoms with Crippen LogP contribution in [0.15, 0.2) is 23.8 Å². The van der Waals surface area contributed by atoms with Crippen LogP contribution in [-0.2, 0) is 6.42 Å². The van der Waals surface area contributed by atoms with Gasteiger partial charge in [0.25, 0.3) is 0 Å². The minimum absolute atomic E-state index is 0.765. The zero-order valence-corrected chi connectivity index (χ0v) is 10.9. The predicted octanol–water partition coefficient (Wildman–Crippen LogP) is 3.67. The summed E-state index contributed by atoms with van der Waals surface area (Å²) >= 11 is 0. The number of rotatable bonds is 1. The van der Waals surface area contributed by atoms with Crippen molar-refractivity contribution < 1.29 is 9.47 Å². The van der Waals surface area contributed by atoms with Crippen LogP contribution in [0.1, 0.15) is 30.9 Å². The van der Waals surface area contributed by atoms with Gasteiger partial charge in [0, 0.05) is 12.0 Å². The molecule has 0 saturated heterocycles. The fourth-order valence-corrected chi connectivity index (χ4v) is 2.26. The molecule has 2 nitrogen and oxygen atoms in total. The van der Waals surface area contributed by atoms with E-state index < -0.39 is 0 Å². The first-order chi connectivity index (χ1) is 8.22. The van der Waals surface area contributed by atoms with Gasteiger partial charge in [-0.25, -0.2) is 0 Å². The SMILES string of the molecule is COc1ccc2c(c1C)CC/C=C(/C)CCO2. The third-order valence-electron chi connectivity index (χ3n) is 3.37. The lowest BCUT2D eigenvalue weighted by molar-refractivity contribution is 0.318. The number of benzene rings is 1. The number of hydrogen-bond donors (Lipinski definition) is 0. The molecule has 0 spiro atoms. The van der Waals surface area contributed by atoms with Gasteiger partial charge >= 0.3 is 0 Å². The first kappa shape index (κ1) is 12.0. The van der Waals surface area contributed by atoms with E-state index in [4.69, 9.17) is 9.47 Å². The number of ether oxygens (including phenoxy) is 2. The van der Waals surface area contributed by atoms with Crippen LogP contribution >= 0.6 is 0 Å². The first-order valence-corrected chi connectivity index (χ1v) is 6.17. The number of hydrogen-bond acceptors (Lipinski definition) is 2. The molecule has 1 aromatic rings. The Hall–Kier alpha value is -1.44. The van der Waals surface area contributed by atoms with E-state index >= 15 is 0 Å². The van der Waals surface area contributed by atoms with Crippen LogP contribution in [0.3, 0.4) is 0 Å². The predicted molar refractivity (Wildman–Crippen MR) is 69.9 cm³/mol. The molecule has 1 heterocycles. The van der Waals surface area contributed by atoms with E-state index in [1.807, 2.05) is 12.1 Å². The van der Waals surface area contributed by atoms with Crippen molar-refractivity contribution in [2.75, 3.05) is 13.7 Å². The molecule has 92 valence electrons. The highest BCUT2D eigenvalue weighted by molar-refractivity contribution is 5.48. The van der Waals surface area contributed by atoms with Crippen molar-refractivity contribution in [2.24, 2.45) is 0 Å². The van der Waals surface area contributed by atoms with Crippen LogP contribution in [0, 0.1) is 6.92 Å². The zero-order valence-electron chi connectivity index (χ0n) is 10.9. The maximum atomic E-state index is 5.86. The van der Waals surface area contributed by atoms with Gasteiger partial charge in [0.2, 0.25) is 0 Å². The topological polar surface area (TPSA) is 18.5 Å². The summed E-state index contributed by atoms with van der Waals surface area (Å²) in [6.07, 6.45) is 5.44. The molecule has 0 fully saturated rings. The summed E-state index contributed by atoms with van der Waals surface area (Å²) in [6, 6.07) is 4.02. The molecule has 0 radical (unpaired) electrons. The summed E-state index contributed by atoms with van der Waals surface area (Å²) in [7, 11) is 1.72. The summed E-state index contributed by atoms with van der Waals surface area (Å²) < 4.78 is 11.2. The van der Waals surface area contributed by atoms with Gasteiger partial charge in [-0.3, -0.25) is 0 Å². The monoisotopic (exact) mass is 232 g/mol. The second-order valence-electron chi connectivity index (χ2n) is 4.56. The van der Waals surface area contributed by atoms with Crippen molar-refractivity contribution >= 4 is 0 Å². The molecule has 1 aliphatic heterocycles. The van der Waals surface area contributed by atoms with Crippen LogP contribution < -0.4 is 9.47 Å². The second kappa shape index (κ2) is 5.26. The number of methoxy groups -OCH3 is 1. The lowest BCUT2D eigenvalue weighted by atomic mass is 10.0. The van der Waals surface area contributed by atoms with Gasteiger partial charge in [0.1, 0.15) is 11.5 Å². The summed E-state index contributed by atoms with van der Waals surface area (Å²) in [5.41, 5.74) is 3.91. The highest BCUT2D eigenvalue weighted by atomic mass is 16.5. The third kappa shape index (κ3) is 2.63. The van der Waals surface area contributed by atoms with Gasteiger partial charge in [-0.15, -0.1) is 0 Å². The Balaban J connectivity index is 2.35. The van der Waals surface area contributed by atoms with E-state index in [1.165, 1.54) is 16.7 Å². The smallest absolute Gasteiger partial charge is 0.123 e. The minimum atomic E-state index is 0.765. The summed E-state index contributed by atoms with van der Waals surface area (Å²) in [4.78, 5) is 0. The lowest BCUT2D eigenvalue weighted by Gasteiger charge is -2.15. The Bertz CT molecular complexity index is 433.